The zero-order chi connectivity index (χ0) is 12.1. The quantitative estimate of drug-likeness (QED) is 0.818. The van der Waals surface area contributed by atoms with Gasteiger partial charge in [-0.3, -0.25) is 0 Å². The largest absolute Gasteiger partial charge is 0.478 e. The molecule has 6 heteroatoms. The first-order chi connectivity index (χ1) is 6.91. The van der Waals surface area contributed by atoms with Crippen LogP contribution in [-0.2, 0) is 9.05 Å². The average Bonchev–Trinajstić information content (AvgIpc) is 2.20. The molecule has 0 radical (unpaired) electrons. The van der Waals surface area contributed by atoms with E-state index in [9.17, 15) is 13.2 Å². The van der Waals surface area contributed by atoms with Crippen LogP contribution in [0.3, 0.4) is 0 Å². The van der Waals surface area contributed by atoms with E-state index in [1.54, 1.807) is 0 Å². The monoisotopic (exact) mass is 250 g/mol. The molecule has 1 aromatic carbocycles. The fraction of sp³-hybridized carbons (Fsp3) is 0.222. The van der Waals surface area contributed by atoms with E-state index in [0.717, 1.165) is 6.07 Å². The first kappa shape index (κ1) is 13.9. The van der Waals surface area contributed by atoms with Crippen molar-refractivity contribution in [1.82, 2.24) is 0 Å². The summed E-state index contributed by atoms with van der Waals surface area (Å²) in [4.78, 5) is 10.2. The summed E-state index contributed by atoms with van der Waals surface area (Å²) >= 11 is 0. The van der Waals surface area contributed by atoms with Crippen LogP contribution in [0.2, 0.25) is 0 Å². The molecular formula is C9H11ClO4S. The van der Waals surface area contributed by atoms with Crippen molar-refractivity contribution in [3.63, 3.8) is 0 Å². The van der Waals surface area contributed by atoms with Crippen LogP contribution >= 0.6 is 10.7 Å². The molecule has 0 aliphatic heterocycles. The lowest BCUT2D eigenvalue weighted by atomic mass is 10.2. The molecule has 0 unspecified atom stereocenters. The Morgan fingerprint density at radius 3 is 2.27 bits per heavy atom. The molecule has 0 aliphatic rings. The molecule has 84 valence electrons. The standard InChI is InChI=1S/C7H5ClO4S.C2H6/c8-13(11,12)6-3-1-2-5(4-6)7(9)10;1-2/h1-4H,(H,9,10);1-2H3. The number of carboxylic acid groups (broad SMARTS) is 1. The van der Waals surface area contributed by atoms with Crippen LogP contribution in [0, 0.1) is 0 Å². The third-order valence-electron chi connectivity index (χ3n) is 1.36. The highest BCUT2D eigenvalue weighted by Gasteiger charge is 2.12. The summed E-state index contributed by atoms with van der Waals surface area (Å²) in [5, 5.41) is 8.54. The normalized spacial score (nSPS) is 10.1. The minimum absolute atomic E-state index is 0.110. The van der Waals surface area contributed by atoms with Gasteiger partial charge in [-0.15, -0.1) is 0 Å². The highest BCUT2D eigenvalue weighted by Crippen LogP contribution is 2.15. The summed E-state index contributed by atoms with van der Waals surface area (Å²) in [5.41, 5.74) is -0.110. The fourth-order valence-electron chi connectivity index (χ4n) is 0.781. The van der Waals surface area contributed by atoms with E-state index >= 15 is 0 Å². The lowest BCUT2D eigenvalue weighted by molar-refractivity contribution is 0.0696. The predicted octanol–water partition coefficient (Wildman–Crippen LogP) is 2.34. The van der Waals surface area contributed by atoms with Crippen molar-refractivity contribution in [3.8, 4) is 0 Å². The molecular weight excluding hydrogens is 240 g/mol. The zero-order valence-electron chi connectivity index (χ0n) is 8.27. The van der Waals surface area contributed by atoms with E-state index in [-0.39, 0.29) is 10.5 Å². The third kappa shape index (κ3) is 4.31. The summed E-state index contributed by atoms with van der Waals surface area (Å²) in [6, 6.07) is 4.84. The van der Waals surface area contributed by atoms with Gasteiger partial charge >= 0.3 is 5.97 Å². The van der Waals surface area contributed by atoms with Gasteiger partial charge in [-0.25, -0.2) is 13.2 Å². The van der Waals surface area contributed by atoms with Gasteiger partial charge in [0, 0.05) is 10.7 Å². The second kappa shape index (κ2) is 5.72. The van der Waals surface area contributed by atoms with Gasteiger partial charge < -0.3 is 5.11 Å². The Labute approximate surface area is 92.9 Å². The van der Waals surface area contributed by atoms with E-state index < -0.39 is 15.0 Å². The Bertz CT molecular complexity index is 439. The van der Waals surface area contributed by atoms with Crippen molar-refractivity contribution in [1.29, 1.82) is 0 Å². The molecule has 0 saturated heterocycles. The molecule has 1 aromatic rings. The molecule has 0 amide bonds. The highest BCUT2D eigenvalue weighted by molar-refractivity contribution is 8.13. The van der Waals surface area contributed by atoms with Crippen LogP contribution < -0.4 is 0 Å². The summed E-state index contributed by atoms with van der Waals surface area (Å²) < 4.78 is 21.6. The zero-order valence-corrected chi connectivity index (χ0v) is 9.84. The molecule has 4 nitrogen and oxygen atoms in total. The lowest BCUT2D eigenvalue weighted by Gasteiger charge is -1.97. The molecule has 0 aliphatic carbocycles. The Morgan fingerprint density at radius 2 is 1.87 bits per heavy atom. The van der Waals surface area contributed by atoms with Gasteiger partial charge in [0.25, 0.3) is 9.05 Å². The minimum atomic E-state index is -3.85. The Morgan fingerprint density at radius 1 is 1.33 bits per heavy atom. The van der Waals surface area contributed by atoms with E-state index in [1.807, 2.05) is 13.8 Å². The summed E-state index contributed by atoms with van der Waals surface area (Å²) in [7, 11) is 1.16. The number of benzene rings is 1. The maximum absolute atomic E-state index is 10.8. The van der Waals surface area contributed by atoms with E-state index in [1.165, 1.54) is 18.2 Å². The van der Waals surface area contributed by atoms with Gasteiger partial charge in [0.2, 0.25) is 0 Å². The predicted molar refractivity (Wildman–Crippen MR) is 57.8 cm³/mol. The maximum atomic E-state index is 10.8. The lowest BCUT2D eigenvalue weighted by Crippen LogP contribution is -1.98. The van der Waals surface area contributed by atoms with Crippen molar-refractivity contribution in [3.05, 3.63) is 29.8 Å². The number of halogens is 1. The van der Waals surface area contributed by atoms with Crippen molar-refractivity contribution >= 4 is 25.7 Å². The highest BCUT2D eigenvalue weighted by atomic mass is 35.7. The summed E-state index contributed by atoms with van der Waals surface area (Å²) in [6.07, 6.45) is 0. The second-order valence-electron chi connectivity index (χ2n) is 2.27. The van der Waals surface area contributed by atoms with Crippen molar-refractivity contribution in [2.75, 3.05) is 0 Å². The van der Waals surface area contributed by atoms with Crippen LogP contribution in [0.5, 0.6) is 0 Å². The number of rotatable bonds is 2. The summed E-state index contributed by atoms with van der Waals surface area (Å²) in [5.74, 6) is -1.19. The third-order valence-corrected chi connectivity index (χ3v) is 2.71. The number of hydrogen-bond donors (Lipinski definition) is 1. The number of carbonyl (C=O) groups is 1. The van der Waals surface area contributed by atoms with Gasteiger partial charge in [0.15, 0.2) is 0 Å². The maximum Gasteiger partial charge on any atom is 0.335 e. The van der Waals surface area contributed by atoms with E-state index in [0.29, 0.717) is 0 Å². The average molecular weight is 251 g/mol. The van der Waals surface area contributed by atoms with Crippen LogP contribution in [0.25, 0.3) is 0 Å². The molecule has 0 atom stereocenters. The van der Waals surface area contributed by atoms with Gasteiger partial charge in [0.1, 0.15) is 0 Å². The Kier molecular flexibility index (Phi) is 5.32. The molecule has 15 heavy (non-hydrogen) atoms. The van der Waals surface area contributed by atoms with E-state index in [2.05, 4.69) is 0 Å². The SMILES string of the molecule is CC.O=C(O)c1cccc(S(=O)(=O)Cl)c1. The minimum Gasteiger partial charge on any atom is -0.478 e. The topological polar surface area (TPSA) is 71.4 Å². The van der Waals surface area contributed by atoms with Crippen molar-refractivity contribution in [2.24, 2.45) is 0 Å². The first-order valence-electron chi connectivity index (χ1n) is 4.19. The molecule has 0 aromatic heterocycles. The van der Waals surface area contributed by atoms with Crippen molar-refractivity contribution in [2.45, 2.75) is 18.7 Å². The van der Waals surface area contributed by atoms with Gasteiger partial charge in [-0.1, -0.05) is 19.9 Å². The first-order valence-corrected chi connectivity index (χ1v) is 6.50. The molecule has 0 spiro atoms. The van der Waals surface area contributed by atoms with Crippen LogP contribution in [0.4, 0.5) is 0 Å². The number of aromatic carboxylic acids is 1. The molecule has 0 heterocycles. The van der Waals surface area contributed by atoms with E-state index in [4.69, 9.17) is 15.8 Å². The summed E-state index contributed by atoms with van der Waals surface area (Å²) in [6.45, 7) is 4.00. The molecule has 1 N–H and O–H groups in total. The van der Waals surface area contributed by atoms with Crippen LogP contribution in [-0.4, -0.2) is 19.5 Å². The number of carboxylic acids is 1. The Balaban J connectivity index is 0.000000921. The fourth-order valence-corrected chi connectivity index (χ4v) is 1.58. The molecule has 0 fully saturated rings. The van der Waals surface area contributed by atoms with Crippen LogP contribution in [0.1, 0.15) is 24.2 Å². The Hall–Kier alpha value is -1.07. The molecule has 0 bridgehead atoms. The van der Waals surface area contributed by atoms with Gasteiger partial charge in [0.05, 0.1) is 10.5 Å². The molecule has 0 saturated carbocycles. The number of hydrogen-bond acceptors (Lipinski definition) is 3. The van der Waals surface area contributed by atoms with Crippen LogP contribution in [0.15, 0.2) is 29.2 Å². The van der Waals surface area contributed by atoms with Gasteiger partial charge in [-0.2, -0.15) is 0 Å². The van der Waals surface area contributed by atoms with Crippen molar-refractivity contribution < 1.29 is 18.3 Å². The smallest absolute Gasteiger partial charge is 0.335 e. The van der Waals surface area contributed by atoms with Gasteiger partial charge in [-0.05, 0) is 18.2 Å². The molecule has 1 rings (SSSR count). The second-order valence-corrected chi connectivity index (χ2v) is 4.84.